The molecule has 0 aliphatic rings. The van der Waals surface area contributed by atoms with Gasteiger partial charge in [-0.1, -0.05) is 13.0 Å². The van der Waals surface area contributed by atoms with Crippen molar-refractivity contribution in [2.45, 2.75) is 26.0 Å². The predicted molar refractivity (Wildman–Crippen MR) is 101 cm³/mol. The van der Waals surface area contributed by atoms with E-state index in [4.69, 9.17) is 4.74 Å². The number of hydrogen-bond acceptors (Lipinski definition) is 4. The van der Waals surface area contributed by atoms with E-state index >= 15 is 0 Å². The number of ether oxygens (including phenoxy) is 2. The van der Waals surface area contributed by atoms with Gasteiger partial charge in [0.05, 0.1) is 7.11 Å². The minimum Gasteiger partial charge on any atom is -0.497 e. The molecule has 2 N–H and O–H groups in total. The standard InChI is InChI=1S/C18H23F2N3O2S/c1-12(16-5-4-8-26-16)10-22-18(21-2)23-11-13-9-14(24-3)6-7-15(13)25-17(19)20/h4-9,12,17H,10-11H2,1-3H3,(H2,21,22,23). The summed E-state index contributed by atoms with van der Waals surface area (Å²) in [7, 11) is 3.18. The molecule has 1 atom stereocenters. The van der Waals surface area contributed by atoms with Crippen molar-refractivity contribution < 1.29 is 18.3 Å². The number of nitrogens with one attached hydrogen (secondary N) is 2. The Morgan fingerprint density at radius 2 is 2.08 bits per heavy atom. The first kappa shape index (κ1) is 20.0. The largest absolute Gasteiger partial charge is 0.497 e. The Kier molecular flexibility index (Phi) is 7.65. The monoisotopic (exact) mass is 383 g/mol. The van der Waals surface area contributed by atoms with Gasteiger partial charge in [0.25, 0.3) is 0 Å². The van der Waals surface area contributed by atoms with Crippen molar-refractivity contribution in [3.8, 4) is 11.5 Å². The highest BCUT2D eigenvalue weighted by molar-refractivity contribution is 7.10. The fraction of sp³-hybridized carbons (Fsp3) is 0.389. The number of rotatable bonds is 8. The van der Waals surface area contributed by atoms with Crippen LogP contribution in [0.25, 0.3) is 0 Å². The highest BCUT2D eigenvalue weighted by atomic mass is 32.1. The first-order valence-electron chi connectivity index (χ1n) is 8.13. The van der Waals surface area contributed by atoms with Gasteiger partial charge in [0.1, 0.15) is 11.5 Å². The quantitative estimate of drug-likeness (QED) is 0.537. The van der Waals surface area contributed by atoms with E-state index in [-0.39, 0.29) is 12.3 Å². The molecule has 0 saturated carbocycles. The van der Waals surface area contributed by atoms with Crippen LogP contribution >= 0.6 is 11.3 Å². The van der Waals surface area contributed by atoms with E-state index in [0.717, 1.165) is 0 Å². The molecule has 0 aliphatic carbocycles. The molecule has 142 valence electrons. The number of hydrogen-bond donors (Lipinski definition) is 2. The topological polar surface area (TPSA) is 54.9 Å². The third-order valence-corrected chi connectivity index (χ3v) is 4.86. The summed E-state index contributed by atoms with van der Waals surface area (Å²) in [6, 6.07) is 8.83. The van der Waals surface area contributed by atoms with Gasteiger partial charge in [-0.15, -0.1) is 11.3 Å². The maximum Gasteiger partial charge on any atom is 0.387 e. The van der Waals surface area contributed by atoms with Gasteiger partial charge in [-0.25, -0.2) is 0 Å². The van der Waals surface area contributed by atoms with Crippen molar-refractivity contribution in [3.05, 3.63) is 46.2 Å². The number of methoxy groups -OCH3 is 1. The number of alkyl halides is 2. The Labute approximate surface area is 156 Å². The van der Waals surface area contributed by atoms with Crippen LogP contribution in [0.2, 0.25) is 0 Å². The van der Waals surface area contributed by atoms with Crippen molar-refractivity contribution in [3.63, 3.8) is 0 Å². The van der Waals surface area contributed by atoms with Crippen LogP contribution in [0.3, 0.4) is 0 Å². The van der Waals surface area contributed by atoms with Gasteiger partial charge in [-0.05, 0) is 29.6 Å². The molecule has 0 saturated heterocycles. The molecule has 1 unspecified atom stereocenters. The summed E-state index contributed by atoms with van der Waals surface area (Å²) < 4.78 is 34.9. The van der Waals surface area contributed by atoms with Gasteiger partial charge in [-0.2, -0.15) is 8.78 Å². The highest BCUT2D eigenvalue weighted by Gasteiger charge is 2.12. The zero-order valence-electron chi connectivity index (χ0n) is 15.0. The number of benzene rings is 1. The van der Waals surface area contributed by atoms with Gasteiger partial charge >= 0.3 is 6.61 Å². The van der Waals surface area contributed by atoms with E-state index in [0.29, 0.717) is 29.7 Å². The van der Waals surface area contributed by atoms with Crippen LogP contribution in [-0.4, -0.2) is 33.3 Å². The summed E-state index contributed by atoms with van der Waals surface area (Å²) in [4.78, 5) is 5.45. The van der Waals surface area contributed by atoms with E-state index in [1.165, 1.54) is 18.1 Å². The molecule has 0 aliphatic heterocycles. The molecule has 8 heteroatoms. The van der Waals surface area contributed by atoms with E-state index in [1.54, 1.807) is 30.5 Å². The van der Waals surface area contributed by atoms with Crippen LogP contribution < -0.4 is 20.1 Å². The first-order valence-corrected chi connectivity index (χ1v) is 9.01. The van der Waals surface area contributed by atoms with Crippen LogP contribution in [0.5, 0.6) is 11.5 Å². The molecule has 26 heavy (non-hydrogen) atoms. The maximum atomic E-state index is 12.6. The Morgan fingerprint density at radius 1 is 1.27 bits per heavy atom. The molecule has 5 nitrogen and oxygen atoms in total. The van der Waals surface area contributed by atoms with Crippen molar-refractivity contribution in [1.29, 1.82) is 0 Å². The smallest absolute Gasteiger partial charge is 0.387 e. The van der Waals surface area contributed by atoms with Crippen LogP contribution in [0.4, 0.5) is 8.78 Å². The van der Waals surface area contributed by atoms with Gasteiger partial charge in [0.2, 0.25) is 0 Å². The molecule has 1 heterocycles. The number of nitrogens with zero attached hydrogens (tertiary/aromatic N) is 1. The molecule has 1 aromatic carbocycles. The molecule has 0 amide bonds. The summed E-state index contributed by atoms with van der Waals surface area (Å²) in [5.74, 6) is 1.59. The average Bonchev–Trinajstić information content (AvgIpc) is 3.17. The molecule has 0 radical (unpaired) electrons. The Bertz CT molecular complexity index is 708. The van der Waals surface area contributed by atoms with E-state index in [2.05, 4.69) is 33.4 Å². The number of guanidine groups is 1. The number of aliphatic imine (C=N–C) groups is 1. The van der Waals surface area contributed by atoms with Gasteiger partial charge in [0.15, 0.2) is 5.96 Å². The van der Waals surface area contributed by atoms with Crippen molar-refractivity contribution >= 4 is 17.3 Å². The molecule has 2 aromatic rings. The van der Waals surface area contributed by atoms with Gasteiger partial charge in [0, 0.05) is 36.5 Å². The lowest BCUT2D eigenvalue weighted by molar-refractivity contribution is -0.0504. The van der Waals surface area contributed by atoms with Crippen LogP contribution in [0, 0.1) is 0 Å². The van der Waals surface area contributed by atoms with Crippen LogP contribution in [0.1, 0.15) is 23.3 Å². The summed E-state index contributed by atoms with van der Waals surface area (Å²) >= 11 is 1.71. The molecule has 1 aromatic heterocycles. The predicted octanol–water partition coefficient (Wildman–Crippen LogP) is 3.83. The molecule has 0 spiro atoms. The second kappa shape index (κ2) is 9.96. The lowest BCUT2D eigenvalue weighted by Gasteiger charge is -2.17. The van der Waals surface area contributed by atoms with E-state index in [1.807, 2.05) is 11.4 Å². The average molecular weight is 383 g/mol. The van der Waals surface area contributed by atoms with Crippen LogP contribution in [0.15, 0.2) is 40.7 Å². The summed E-state index contributed by atoms with van der Waals surface area (Å²) in [6.07, 6.45) is 0. The second-order valence-electron chi connectivity index (χ2n) is 5.58. The molecular weight excluding hydrogens is 360 g/mol. The molecule has 0 bridgehead atoms. The van der Waals surface area contributed by atoms with Crippen molar-refractivity contribution in [2.24, 2.45) is 4.99 Å². The van der Waals surface area contributed by atoms with Crippen molar-refractivity contribution in [2.75, 3.05) is 20.7 Å². The third-order valence-electron chi connectivity index (χ3n) is 3.76. The van der Waals surface area contributed by atoms with Crippen LogP contribution in [-0.2, 0) is 6.54 Å². The lowest BCUT2D eigenvalue weighted by Crippen LogP contribution is -2.38. The Hall–Kier alpha value is -2.35. The lowest BCUT2D eigenvalue weighted by atomic mass is 10.1. The summed E-state index contributed by atoms with van der Waals surface area (Å²) in [5.41, 5.74) is 0.555. The number of halogens is 2. The summed E-state index contributed by atoms with van der Waals surface area (Å²) in [6.45, 7) is 0.222. The first-order chi connectivity index (χ1) is 12.5. The minimum atomic E-state index is -2.88. The minimum absolute atomic E-state index is 0.107. The van der Waals surface area contributed by atoms with E-state index in [9.17, 15) is 8.78 Å². The normalized spacial score (nSPS) is 12.8. The molecule has 2 rings (SSSR count). The molecular formula is C18H23F2N3O2S. The van der Waals surface area contributed by atoms with Crippen molar-refractivity contribution in [1.82, 2.24) is 10.6 Å². The van der Waals surface area contributed by atoms with Gasteiger partial charge < -0.3 is 20.1 Å². The zero-order chi connectivity index (χ0) is 18.9. The zero-order valence-corrected chi connectivity index (χ0v) is 15.8. The fourth-order valence-electron chi connectivity index (χ4n) is 2.35. The Balaban J connectivity index is 1.96. The SMILES string of the molecule is CN=C(NCc1cc(OC)ccc1OC(F)F)NCC(C)c1cccs1. The fourth-order valence-corrected chi connectivity index (χ4v) is 3.14. The summed E-state index contributed by atoms with van der Waals surface area (Å²) in [5, 5.41) is 8.40. The van der Waals surface area contributed by atoms with Gasteiger partial charge in [-0.3, -0.25) is 4.99 Å². The number of thiophene rings is 1. The molecule has 0 fully saturated rings. The third kappa shape index (κ3) is 5.87. The second-order valence-corrected chi connectivity index (χ2v) is 6.55. The van der Waals surface area contributed by atoms with E-state index < -0.39 is 6.61 Å². The highest BCUT2D eigenvalue weighted by Crippen LogP contribution is 2.25. The maximum absolute atomic E-state index is 12.6. The Morgan fingerprint density at radius 3 is 2.69 bits per heavy atom.